The van der Waals surface area contributed by atoms with Gasteiger partial charge in [-0.1, -0.05) is 11.8 Å². The number of hydrogen-bond donors (Lipinski definition) is 0. The van der Waals surface area contributed by atoms with Gasteiger partial charge in [0.2, 0.25) is 5.09 Å². The van der Waals surface area contributed by atoms with E-state index < -0.39 is 10.0 Å². The van der Waals surface area contributed by atoms with Gasteiger partial charge >= 0.3 is 0 Å². The Balaban J connectivity index is 1.46. The van der Waals surface area contributed by atoms with Gasteiger partial charge in [-0.05, 0) is 37.1 Å². The highest BCUT2D eigenvalue weighted by Crippen LogP contribution is 2.28. The Labute approximate surface area is 155 Å². The minimum atomic E-state index is -3.52. The van der Waals surface area contributed by atoms with Crippen molar-refractivity contribution in [2.75, 3.05) is 13.1 Å². The molecule has 138 valence electrons. The second kappa shape index (κ2) is 6.93. The highest BCUT2D eigenvalue weighted by Gasteiger charge is 2.30. The average Bonchev–Trinajstić information content (AvgIpc) is 3.39. The Hall–Kier alpha value is -2.04. The van der Waals surface area contributed by atoms with Crippen molar-refractivity contribution in [1.82, 2.24) is 19.1 Å². The Kier molecular flexibility index (Phi) is 4.63. The molecule has 0 aromatic carbocycles. The van der Waals surface area contributed by atoms with Crippen molar-refractivity contribution in [1.29, 1.82) is 0 Å². The predicted octanol–water partition coefficient (Wildman–Crippen LogP) is 2.74. The fourth-order valence-electron chi connectivity index (χ4n) is 2.83. The molecule has 0 N–H and O–H groups in total. The van der Waals surface area contributed by atoms with Crippen molar-refractivity contribution in [3.05, 3.63) is 36.3 Å². The lowest BCUT2D eigenvalue weighted by Crippen LogP contribution is -2.27. The molecule has 3 aromatic heterocycles. The Bertz CT molecular complexity index is 986. The number of rotatable bonds is 6. The standard InChI is InChI=1S/C16H18N4O4S2/c1-19-15(13-5-4-10-23-13)17-18-16(19)25-11-12-6-7-14(24-12)26(21,22)20-8-2-3-9-20/h4-7,10H,2-3,8-9,11H2,1H3. The minimum Gasteiger partial charge on any atom is -0.461 e. The third-order valence-electron chi connectivity index (χ3n) is 4.22. The molecule has 0 bridgehead atoms. The SMILES string of the molecule is Cn1c(SCc2ccc(S(=O)(=O)N3CCCC3)o2)nnc1-c1ccco1. The van der Waals surface area contributed by atoms with Crippen LogP contribution in [0.25, 0.3) is 11.6 Å². The summed E-state index contributed by atoms with van der Waals surface area (Å²) in [5.74, 6) is 2.31. The van der Waals surface area contributed by atoms with Crippen LogP contribution in [0.5, 0.6) is 0 Å². The maximum absolute atomic E-state index is 12.5. The summed E-state index contributed by atoms with van der Waals surface area (Å²) in [6, 6.07) is 6.83. The molecule has 0 radical (unpaired) electrons. The highest BCUT2D eigenvalue weighted by atomic mass is 32.2. The van der Waals surface area contributed by atoms with Crippen LogP contribution in [0.15, 0.2) is 49.6 Å². The second-order valence-corrected chi connectivity index (χ2v) is 8.77. The van der Waals surface area contributed by atoms with E-state index in [9.17, 15) is 8.42 Å². The van der Waals surface area contributed by atoms with Gasteiger partial charge in [-0.25, -0.2) is 8.42 Å². The molecule has 3 aromatic rings. The van der Waals surface area contributed by atoms with Crippen LogP contribution in [0.4, 0.5) is 0 Å². The van der Waals surface area contributed by atoms with Crippen LogP contribution in [0.1, 0.15) is 18.6 Å². The first kappa shape index (κ1) is 17.4. The number of hydrogen-bond acceptors (Lipinski definition) is 7. The third kappa shape index (κ3) is 3.19. The first-order chi connectivity index (χ1) is 12.6. The van der Waals surface area contributed by atoms with E-state index in [1.807, 2.05) is 17.7 Å². The van der Waals surface area contributed by atoms with E-state index in [2.05, 4.69) is 10.2 Å². The first-order valence-electron chi connectivity index (χ1n) is 8.20. The molecule has 8 nitrogen and oxygen atoms in total. The lowest BCUT2D eigenvalue weighted by molar-refractivity contribution is 0.397. The smallest absolute Gasteiger partial charge is 0.276 e. The van der Waals surface area contributed by atoms with Gasteiger partial charge in [-0.2, -0.15) is 4.31 Å². The normalized spacial score (nSPS) is 15.7. The van der Waals surface area contributed by atoms with Gasteiger partial charge in [0.25, 0.3) is 10.0 Å². The van der Waals surface area contributed by atoms with Crippen LogP contribution in [-0.4, -0.2) is 40.6 Å². The topological polar surface area (TPSA) is 94.4 Å². The highest BCUT2D eigenvalue weighted by molar-refractivity contribution is 7.98. The van der Waals surface area contributed by atoms with Gasteiger partial charge in [-0.15, -0.1) is 10.2 Å². The van der Waals surface area contributed by atoms with Gasteiger partial charge in [0.1, 0.15) is 5.76 Å². The van der Waals surface area contributed by atoms with Crippen molar-refractivity contribution in [3.8, 4) is 11.6 Å². The summed E-state index contributed by atoms with van der Waals surface area (Å²) in [4.78, 5) is 0. The molecule has 1 aliphatic heterocycles. The van der Waals surface area contributed by atoms with E-state index in [4.69, 9.17) is 8.83 Å². The summed E-state index contributed by atoms with van der Waals surface area (Å²) in [6.07, 6.45) is 3.38. The molecule has 1 fully saturated rings. The van der Waals surface area contributed by atoms with Crippen LogP contribution >= 0.6 is 11.8 Å². The summed E-state index contributed by atoms with van der Waals surface area (Å²) < 4.78 is 39.2. The Morgan fingerprint density at radius 2 is 2.00 bits per heavy atom. The van der Waals surface area contributed by atoms with Crippen LogP contribution < -0.4 is 0 Å². The average molecular weight is 394 g/mol. The molecule has 1 aliphatic rings. The van der Waals surface area contributed by atoms with Crippen molar-refractivity contribution >= 4 is 21.8 Å². The van der Waals surface area contributed by atoms with Crippen LogP contribution in [0.3, 0.4) is 0 Å². The molecule has 10 heteroatoms. The minimum absolute atomic E-state index is 0.00393. The van der Waals surface area contributed by atoms with Gasteiger partial charge in [0.05, 0.1) is 12.0 Å². The van der Waals surface area contributed by atoms with E-state index in [0.29, 0.717) is 41.3 Å². The Morgan fingerprint density at radius 3 is 2.73 bits per heavy atom. The van der Waals surface area contributed by atoms with Crippen molar-refractivity contribution in [3.63, 3.8) is 0 Å². The summed E-state index contributed by atoms with van der Waals surface area (Å²) in [5, 5.41) is 8.98. The van der Waals surface area contributed by atoms with E-state index in [-0.39, 0.29) is 5.09 Å². The van der Waals surface area contributed by atoms with E-state index >= 15 is 0 Å². The molecule has 26 heavy (non-hydrogen) atoms. The van der Waals surface area contributed by atoms with Gasteiger partial charge in [0, 0.05) is 20.1 Å². The van der Waals surface area contributed by atoms with Crippen LogP contribution in [-0.2, 0) is 22.8 Å². The van der Waals surface area contributed by atoms with Crippen LogP contribution in [0.2, 0.25) is 0 Å². The van der Waals surface area contributed by atoms with Crippen LogP contribution in [0, 0.1) is 0 Å². The van der Waals surface area contributed by atoms with Gasteiger partial charge in [-0.3, -0.25) is 0 Å². The zero-order valence-corrected chi connectivity index (χ0v) is 15.8. The third-order valence-corrected chi connectivity index (χ3v) is 7.03. The zero-order valence-electron chi connectivity index (χ0n) is 14.2. The number of nitrogens with zero attached hydrogens (tertiary/aromatic N) is 4. The molecule has 0 atom stereocenters. The molecule has 0 saturated carbocycles. The summed E-state index contributed by atoms with van der Waals surface area (Å²) in [5.41, 5.74) is 0. The van der Waals surface area contributed by atoms with Crippen molar-refractivity contribution < 1.29 is 17.3 Å². The summed E-state index contributed by atoms with van der Waals surface area (Å²) >= 11 is 1.42. The van der Waals surface area contributed by atoms with Crippen molar-refractivity contribution in [2.24, 2.45) is 7.05 Å². The predicted molar refractivity (Wildman–Crippen MR) is 95.0 cm³/mol. The number of sulfonamides is 1. The van der Waals surface area contributed by atoms with Gasteiger partial charge in [0.15, 0.2) is 16.7 Å². The molecule has 0 unspecified atom stereocenters. The number of thioether (sulfide) groups is 1. The quantitative estimate of drug-likeness (QED) is 0.593. The maximum atomic E-state index is 12.5. The van der Waals surface area contributed by atoms with E-state index in [0.717, 1.165) is 12.8 Å². The molecular weight excluding hydrogens is 376 g/mol. The molecule has 4 heterocycles. The molecular formula is C16H18N4O4S2. The molecule has 0 amide bonds. The lowest BCUT2D eigenvalue weighted by atomic mass is 10.4. The molecule has 4 rings (SSSR count). The number of furan rings is 2. The maximum Gasteiger partial charge on any atom is 0.276 e. The molecule has 1 saturated heterocycles. The largest absolute Gasteiger partial charge is 0.461 e. The van der Waals surface area contributed by atoms with Crippen molar-refractivity contribution in [2.45, 2.75) is 28.8 Å². The molecule has 0 aliphatic carbocycles. The number of aromatic nitrogens is 3. The zero-order chi connectivity index (χ0) is 18.1. The van der Waals surface area contributed by atoms with E-state index in [1.165, 1.54) is 22.1 Å². The first-order valence-corrected chi connectivity index (χ1v) is 10.6. The molecule has 0 spiro atoms. The van der Waals surface area contributed by atoms with Gasteiger partial charge < -0.3 is 13.4 Å². The summed E-state index contributed by atoms with van der Waals surface area (Å²) in [7, 11) is -1.67. The monoisotopic (exact) mass is 394 g/mol. The lowest BCUT2D eigenvalue weighted by Gasteiger charge is -2.12. The Morgan fingerprint density at radius 1 is 1.19 bits per heavy atom. The van der Waals surface area contributed by atoms with E-state index in [1.54, 1.807) is 18.4 Å². The summed E-state index contributed by atoms with van der Waals surface area (Å²) in [6.45, 7) is 1.11. The second-order valence-electron chi connectivity index (χ2n) is 5.96. The fraction of sp³-hybridized carbons (Fsp3) is 0.375. The fourth-order valence-corrected chi connectivity index (χ4v) is 5.08.